The van der Waals surface area contributed by atoms with E-state index in [9.17, 15) is 4.79 Å². The van der Waals surface area contributed by atoms with Gasteiger partial charge in [0, 0.05) is 22.2 Å². The molecule has 0 N–H and O–H groups in total. The fraction of sp³-hybridized carbons (Fsp3) is 0.136. The molecule has 0 radical (unpaired) electrons. The van der Waals surface area contributed by atoms with Crippen LogP contribution in [0.4, 0.5) is 5.13 Å². The number of thiazole rings is 1. The number of anilines is 1. The first-order chi connectivity index (χ1) is 14.2. The molecule has 0 aliphatic carbocycles. The maximum Gasteiger partial charge on any atom is 0.261 e. The van der Waals surface area contributed by atoms with Crippen LogP contribution < -0.4 is 4.90 Å². The molecule has 0 unspecified atom stereocenters. The van der Waals surface area contributed by atoms with E-state index in [1.165, 1.54) is 0 Å². The number of aromatic nitrogens is 2. The molecule has 2 heterocycles. The molecule has 0 bridgehead atoms. The molecule has 0 fully saturated rings. The molecule has 4 nitrogen and oxygen atoms in total. The molecular weight excluding hydrogens is 418 g/mol. The van der Waals surface area contributed by atoms with Crippen LogP contribution >= 0.6 is 34.9 Å². The SMILES string of the molecule is CSc1ccccc1C(=O)N(Cc1cccnc1)c1nc2c(SC)cccc2s1. The molecule has 0 saturated carbocycles. The van der Waals surface area contributed by atoms with Gasteiger partial charge in [0.05, 0.1) is 22.3 Å². The standard InChI is InChI=1S/C22H19N3OS3/c1-27-17-9-4-3-8-16(17)21(26)25(14-15-7-6-12-23-13-15)22-24-20-18(28-2)10-5-11-19(20)29-22/h3-13H,14H2,1-2H3. The van der Waals surface area contributed by atoms with Gasteiger partial charge < -0.3 is 0 Å². The molecule has 0 spiro atoms. The van der Waals surface area contributed by atoms with Gasteiger partial charge in [-0.2, -0.15) is 0 Å². The third-order valence-electron chi connectivity index (χ3n) is 4.47. The summed E-state index contributed by atoms with van der Waals surface area (Å²) in [6.07, 6.45) is 7.56. The smallest absolute Gasteiger partial charge is 0.261 e. The molecule has 0 atom stereocenters. The van der Waals surface area contributed by atoms with Crippen LogP contribution in [0.5, 0.6) is 0 Å². The number of rotatable bonds is 6. The highest BCUT2D eigenvalue weighted by Crippen LogP contribution is 2.35. The molecule has 2 aromatic heterocycles. The minimum absolute atomic E-state index is 0.0523. The van der Waals surface area contributed by atoms with Gasteiger partial charge in [0.25, 0.3) is 5.91 Å². The van der Waals surface area contributed by atoms with E-state index in [2.05, 4.69) is 17.1 Å². The van der Waals surface area contributed by atoms with Crippen LogP contribution in [-0.2, 0) is 6.54 Å². The monoisotopic (exact) mass is 437 g/mol. The Bertz CT molecular complexity index is 1140. The Balaban J connectivity index is 1.81. The van der Waals surface area contributed by atoms with Crippen LogP contribution in [0.15, 0.2) is 76.8 Å². The lowest BCUT2D eigenvalue weighted by molar-refractivity contribution is 0.0982. The van der Waals surface area contributed by atoms with Crippen LogP contribution in [0.25, 0.3) is 10.2 Å². The summed E-state index contributed by atoms with van der Waals surface area (Å²) in [4.78, 5) is 26.5. The summed E-state index contributed by atoms with van der Waals surface area (Å²) in [5.74, 6) is -0.0523. The first-order valence-corrected chi connectivity index (χ1v) is 12.2. The summed E-state index contributed by atoms with van der Waals surface area (Å²) >= 11 is 4.78. The zero-order chi connectivity index (χ0) is 20.2. The second kappa shape index (κ2) is 8.98. The maximum absolute atomic E-state index is 13.6. The number of amides is 1. The number of benzene rings is 2. The van der Waals surface area contributed by atoms with Gasteiger partial charge in [-0.05, 0) is 48.4 Å². The predicted octanol–water partition coefficient (Wildman–Crippen LogP) is 5.98. The van der Waals surface area contributed by atoms with Crippen molar-refractivity contribution in [2.45, 2.75) is 16.3 Å². The first kappa shape index (κ1) is 19.9. The van der Waals surface area contributed by atoms with Crippen LogP contribution in [0, 0.1) is 0 Å². The molecule has 0 aliphatic rings. The summed E-state index contributed by atoms with van der Waals surface area (Å²) in [6.45, 7) is 0.420. The third-order valence-corrected chi connectivity index (χ3v) is 7.08. The van der Waals surface area contributed by atoms with Crippen molar-refractivity contribution < 1.29 is 4.79 Å². The quantitative estimate of drug-likeness (QED) is 0.347. The van der Waals surface area contributed by atoms with Gasteiger partial charge in [-0.25, -0.2) is 4.98 Å². The molecule has 29 heavy (non-hydrogen) atoms. The largest absolute Gasteiger partial charge is 0.279 e. The summed E-state index contributed by atoms with van der Waals surface area (Å²) in [7, 11) is 0. The summed E-state index contributed by atoms with van der Waals surface area (Å²) in [5.41, 5.74) is 2.60. The summed E-state index contributed by atoms with van der Waals surface area (Å²) < 4.78 is 1.08. The topological polar surface area (TPSA) is 46.1 Å². The Kier molecular flexibility index (Phi) is 6.18. The molecular formula is C22H19N3OS3. The summed E-state index contributed by atoms with van der Waals surface area (Å²) in [6, 6.07) is 17.7. The lowest BCUT2D eigenvalue weighted by Crippen LogP contribution is -2.30. The highest BCUT2D eigenvalue weighted by molar-refractivity contribution is 7.99. The van der Waals surface area contributed by atoms with Crippen LogP contribution in [0.2, 0.25) is 0 Å². The number of para-hydroxylation sites is 1. The number of nitrogens with zero attached hydrogens (tertiary/aromatic N) is 3. The van der Waals surface area contributed by atoms with Crippen molar-refractivity contribution >= 4 is 56.1 Å². The zero-order valence-electron chi connectivity index (χ0n) is 16.0. The van der Waals surface area contributed by atoms with Gasteiger partial charge in [0.15, 0.2) is 5.13 Å². The normalized spacial score (nSPS) is 11.0. The van der Waals surface area contributed by atoms with Crippen molar-refractivity contribution in [3.05, 3.63) is 78.1 Å². The summed E-state index contributed by atoms with van der Waals surface area (Å²) in [5, 5.41) is 0.700. The molecule has 1 amide bonds. The van der Waals surface area contributed by atoms with Gasteiger partial charge in [-0.3, -0.25) is 14.7 Å². The van der Waals surface area contributed by atoms with Gasteiger partial charge in [0.2, 0.25) is 0 Å². The Morgan fingerprint density at radius 1 is 1.00 bits per heavy atom. The van der Waals surface area contributed by atoms with Gasteiger partial charge in [0.1, 0.15) is 0 Å². The number of thioether (sulfide) groups is 2. The van der Waals surface area contributed by atoms with Gasteiger partial charge in [-0.15, -0.1) is 23.5 Å². The molecule has 7 heteroatoms. The minimum Gasteiger partial charge on any atom is -0.279 e. The fourth-order valence-corrected chi connectivity index (χ4v) is 5.27. The number of hydrogen-bond acceptors (Lipinski definition) is 6. The second-order valence-corrected chi connectivity index (χ2v) is 8.96. The highest BCUT2D eigenvalue weighted by Gasteiger charge is 2.24. The average Bonchev–Trinajstić information content (AvgIpc) is 3.21. The van der Waals surface area contributed by atoms with E-state index in [0.29, 0.717) is 17.2 Å². The molecule has 0 saturated heterocycles. The second-order valence-electron chi connectivity index (χ2n) is 6.26. The number of fused-ring (bicyclic) bond motifs is 1. The van der Waals surface area contributed by atoms with Gasteiger partial charge >= 0.3 is 0 Å². The van der Waals surface area contributed by atoms with Crippen LogP contribution in [0.3, 0.4) is 0 Å². The van der Waals surface area contributed by atoms with Crippen LogP contribution in [-0.4, -0.2) is 28.4 Å². The van der Waals surface area contributed by atoms with E-state index in [1.807, 2.05) is 55.0 Å². The molecule has 0 aliphatic heterocycles. The van der Waals surface area contributed by atoms with E-state index in [0.717, 1.165) is 25.6 Å². The minimum atomic E-state index is -0.0523. The Morgan fingerprint density at radius 2 is 1.79 bits per heavy atom. The van der Waals surface area contributed by atoms with Crippen molar-refractivity contribution in [1.29, 1.82) is 0 Å². The van der Waals surface area contributed by atoms with E-state index >= 15 is 0 Å². The number of pyridine rings is 1. The third kappa shape index (κ3) is 4.17. The Hall–Kier alpha value is -2.35. The van der Waals surface area contributed by atoms with Gasteiger partial charge in [-0.1, -0.05) is 35.6 Å². The van der Waals surface area contributed by atoms with Crippen molar-refractivity contribution in [3.8, 4) is 0 Å². The highest BCUT2D eigenvalue weighted by atomic mass is 32.2. The van der Waals surface area contributed by atoms with E-state index in [-0.39, 0.29) is 5.91 Å². The first-order valence-electron chi connectivity index (χ1n) is 8.98. The Labute approximate surface area is 182 Å². The molecule has 4 rings (SSSR count). The number of hydrogen-bond donors (Lipinski definition) is 0. The number of carbonyl (C=O) groups excluding carboxylic acids is 1. The maximum atomic E-state index is 13.6. The van der Waals surface area contributed by atoms with Crippen molar-refractivity contribution in [2.75, 3.05) is 17.4 Å². The van der Waals surface area contributed by atoms with E-state index in [4.69, 9.17) is 4.98 Å². The predicted molar refractivity (Wildman–Crippen MR) is 124 cm³/mol. The van der Waals surface area contributed by atoms with E-state index in [1.54, 1.807) is 52.2 Å². The molecule has 146 valence electrons. The van der Waals surface area contributed by atoms with Crippen LogP contribution in [0.1, 0.15) is 15.9 Å². The average molecular weight is 438 g/mol. The lowest BCUT2D eigenvalue weighted by atomic mass is 10.2. The lowest BCUT2D eigenvalue weighted by Gasteiger charge is -2.21. The fourth-order valence-electron chi connectivity index (χ4n) is 3.06. The molecule has 4 aromatic rings. The number of carbonyl (C=O) groups is 1. The molecule has 2 aromatic carbocycles. The Morgan fingerprint density at radius 3 is 2.55 bits per heavy atom. The zero-order valence-corrected chi connectivity index (χ0v) is 18.5. The van der Waals surface area contributed by atoms with Crippen molar-refractivity contribution in [2.24, 2.45) is 0 Å². The van der Waals surface area contributed by atoms with Crippen molar-refractivity contribution in [3.63, 3.8) is 0 Å². The van der Waals surface area contributed by atoms with E-state index < -0.39 is 0 Å². The van der Waals surface area contributed by atoms with Crippen molar-refractivity contribution in [1.82, 2.24) is 9.97 Å².